The van der Waals surface area contributed by atoms with Crippen LogP contribution in [0.1, 0.15) is 137 Å². The fourth-order valence-electron chi connectivity index (χ4n) is 7.63. The summed E-state index contributed by atoms with van der Waals surface area (Å²) < 4.78 is 0. The van der Waals surface area contributed by atoms with Gasteiger partial charge in [0.2, 0.25) is 0 Å². The number of benzene rings is 2. The molecule has 0 unspecified atom stereocenters. The van der Waals surface area contributed by atoms with Crippen molar-refractivity contribution in [2.24, 2.45) is 0 Å². The van der Waals surface area contributed by atoms with Gasteiger partial charge in [-0.3, -0.25) is 0 Å². The van der Waals surface area contributed by atoms with Crippen LogP contribution in [0.25, 0.3) is 21.5 Å². The summed E-state index contributed by atoms with van der Waals surface area (Å²) >= 11 is -0.826. The van der Waals surface area contributed by atoms with E-state index in [4.69, 9.17) is 17.0 Å². The van der Waals surface area contributed by atoms with Crippen LogP contribution in [0.3, 0.4) is 0 Å². The van der Waals surface area contributed by atoms with Gasteiger partial charge in [0.25, 0.3) is 0 Å². The monoisotopic (exact) mass is 776 g/mol. The molecule has 4 heteroatoms. The Morgan fingerprint density at radius 3 is 1.40 bits per heavy atom. The summed E-state index contributed by atoms with van der Waals surface area (Å²) in [6, 6.07) is 23.6. The number of rotatable bonds is 12. The van der Waals surface area contributed by atoms with Crippen LogP contribution in [0.5, 0.6) is 0 Å². The maximum absolute atomic E-state index is 4.93. The van der Waals surface area contributed by atoms with Crippen LogP contribution >= 0.6 is 17.0 Å². The van der Waals surface area contributed by atoms with E-state index in [0.717, 1.165) is 34.2 Å². The van der Waals surface area contributed by atoms with E-state index in [1.165, 1.54) is 124 Å². The van der Waals surface area contributed by atoms with Crippen LogP contribution in [0.4, 0.5) is 0 Å². The minimum absolute atomic E-state index is 0.819. The van der Waals surface area contributed by atoms with Crippen molar-refractivity contribution in [1.29, 1.82) is 0 Å². The number of aryl methyl sites for hydroxylation is 2. The number of unbranched alkanes of at least 4 members (excludes halogenated alkanes) is 4. The number of hydrogen-bond donors (Lipinski definition) is 0. The molecule has 48 heavy (non-hydrogen) atoms. The Morgan fingerprint density at radius 2 is 1.04 bits per heavy atom. The van der Waals surface area contributed by atoms with Gasteiger partial charge in [0.1, 0.15) is 0 Å². The van der Waals surface area contributed by atoms with Gasteiger partial charge in [-0.25, -0.2) is 0 Å². The van der Waals surface area contributed by atoms with Crippen molar-refractivity contribution in [3.05, 3.63) is 108 Å². The van der Waals surface area contributed by atoms with E-state index in [2.05, 4.69) is 86.9 Å². The minimum atomic E-state index is -0.826. The molecule has 6 rings (SSSR count). The van der Waals surface area contributed by atoms with Crippen LogP contribution in [0, 0.1) is 0 Å². The summed E-state index contributed by atoms with van der Waals surface area (Å²) in [6.45, 7) is 11.9. The third-order valence-corrected chi connectivity index (χ3v) is 10.1. The van der Waals surface area contributed by atoms with E-state index in [1.54, 1.807) is 22.3 Å². The molecule has 2 radical (unpaired) electrons. The van der Waals surface area contributed by atoms with Crippen molar-refractivity contribution in [3.8, 4) is 0 Å². The molecule has 0 spiro atoms. The quantitative estimate of drug-likeness (QED) is 0.0582. The standard InChI is InChI=1S/2C21H27.C2H6Si.2ClH.Zr/c2*1-2-3-4-6-12-18-13-9-14-19-15-20(16-21(18)19)17-10-7-5-8-11-17;1-3-2;;;/h2*2,9,13-17H,1,3-8,10-12H2;1-2H3;2*1H;/q2*-1;;;;+4/p-2. The molecule has 4 aromatic rings. The molecule has 2 aliphatic carbocycles. The first-order valence-electron chi connectivity index (χ1n) is 18.7. The van der Waals surface area contributed by atoms with Crippen LogP contribution in [0.2, 0.25) is 13.1 Å². The summed E-state index contributed by atoms with van der Waals surface area (Å²) in [6.07, 6.45) is 27.9. The molecule has 0 amide bonds. The van der Waals surface area contributed by atoms with Crippen molar-refractivity contribution < 1.29 is 20.8 Å². The molecule has 4 aromatic carbocycles. The van der Waals surface area contributed by atoms with Crippen molar-refractivity contribution in [3.63, 3.8) is 0 Å². The molecule has 2 aliphatic rings. The molecule has 0 nitrogen and oxygen atoms in total. The van der Waals surface area contributed by atoms with E-state index in [9.17, 15) is 0 Å². The van der Waals surface area contributed by atoms with Gasteiger partial charge < -0.3 is 0 Å². The normalized spacial score (nSPS) is 14.9. The number of halogens is 2. The Morgan fingerprint density at radius 1 is 0.667 bits per heavy atom. The molecule has 258 valence electrons. The molecular weight excluding hydrogens is 719 g/mol. The topological polar surface area (TPSA) is 0 Å². The van der Waals surface area contributed by atoms with Gasteiger partial charge in [-0.1, -0.05) is 87.0 Å². The Balaban J connectivity index is 0.000000224. The van der Waals surface area contributed by atoms with E-state index < -0.39 is 20.8 Å². The fourth-order valence-corrected chi connectivity index (χ4v) is 7.63. The van der Waals surface area contributed by atoms with Gasteiger partial charge in [-0.15, -0.1) is 82.2 Å². The number of allylic oxidation sites excluding steroid dienone is 2. The van der Waals surface area contributed by atoms with E-state index >= 15 is 0 Å². The van der Waals surface area contributed by atoms with Gasteiger partial charge in [0, 0.05) is 9.52 Å². The predicted molar refractivity (Wildman–Crippen MR) is 215 cm³/mol. The van der Waals surface area contributed by atoms with E-state index in [-0.39, 0.29) is 0 Å². The van der Waals surface area contributed by atoms with Crippen LogP contribution in [-0.4, -0.2) is 9.52 Å². The first-order valence-corrected chi connectivity index (χ1v) is 27.1. The second-order valence-electron chi connectivity index (χ2n) is 13.7. The zero-order valence-corrected chi connectivity index (χ0v) is 35.0. The maximum atomic E-state index is 4.93. The third kappa shape index (κ3) is 13.9. The summed E-state index contributed by atoms with van der Waals surface area (Å²) in [4.78, 5) is 0. The molecule has 2 saturated carbocycles. The fraction of sp³-hybridized carbons (Fsp3) is 0.500. The van der Waals surface area contributed by atoms with Crippen LogP contribution in [0.15, 0.2) is 86.0 Å². The van der Waals surface area contributed by atoms with E-state index in [1.807, 2.05) is 12.2 Å². The Kier molecular flexibility index (Phi) is 21.4. The zero-order chi connectivity index (χ0) is 34.4. The Labute approximate surface area is 315 Å². The van der Waals surface area contributed by atoms with Crippen molar-refractivity contribution >= 4 is 48.1 Å². The van der Waals surface area contributed by atoms with Crippen LogP contribution in [-0.2, 0) is 33.7 Å². The summed E-state index contributed by atoms with van der Waals surface area (Å²) in [7, 11) is 11.0. The van der Waals surface area contributed by atoms with Gasteiger partial charge in [0.05, 0.1) is 0 Å². The van der Waals surface area contributed by atoms with Crippen LogP contribution < -0.4 is 0 Å². The molecule has 0 bridgehead atoms. The molecule has 0 N–H and O–H groups in total. The van der Waals surface area contributed by atoms with Gasteiger partial charge >= 0.3 is 37.9 Å². The first kappa shape index (κ1) is 41.2. The molecule has 2 fully saturated rings. The molecule has 0 aliphatic heterocycles. The predicted octanol–water partition coefficient (Wildman–Crippen LogP) is 15.2. The summed E-state index contributed by atoms with van der Waals surface area (Å²) in [5.41, 5.74) is 6.28. The second kappa shape index (κ2) is 24.9. The van der Waals surface area contributed by atoms with E-state index in [0.29, 0.717) is 0 Å². The molecule has 0 saturated heterocycles. The summed E-state index contributed by atoms with van der Waals surface area (Å²) in [5, 5.41) is 5.93. The molecular formula is C44H60Cl2SiZr. The molecule has 0 atom stereocenters. The second-order valence-corrected chi connectivity index (χ2v) is 18.5. The van der Waals surface area contributed by atoms with Crippen molar-refractivity contribution in [1.82, 2.24) is 0 Å². The van der Waals surface area contributed by atoms with Crippen molar-refractivity contribution in [2.75, 3.05) is 0 Å². The van der Waals surface area contributed by atoms with Gasteiger partial charge in [-0.05, 0) is 88.9 Å². The van der Waals surface area contributed by atoms with Crippen molar-refractivity contribution in [2.45, 2.75) is 141 Å². The number of hydrogen-bond acceptors (Lipinski definition) is 0. The zero-order valence-electron chi connectivity index (χ0n) is 30.0. The summed E-state index contributed by atoms with van der Waals surface area (Å²) in [5.74, 6) is 1.64. The average Bonchev–Trinajstić information content (AvgIpc) is 3.77. The third-order valence-electron chi connectivity index (χ3n) is 10.1. The number of fused-ring (bicyclic) bond motifs is 2. The Hall–Kier alpha value is -1.18. The molecule has 0 heterocycles. The Bertz CT molecular complexity index is 1330. The van der Waals surface area contributed by atoms with Gasteiger partial charge in [-0.2, -0.15) is 12.1 Å². The van der Waals surface area contributed by atoms with Gasteiger partial charge in [0.15, 0.2) is 0 Å². The first-order chi connectivity index (χ1) is 23.6. The molecule has 0 aromatic heterocycles. The SMILES string of the molecule is C=CCCCCc1cccc2[cH-]c(C3CCCCC3)cc12.C=CCCCCc1cccc2[cH-]c(C3CCCCC3)cc12.C[Si]C.[Cl][Zr+2][Cl]. The average molecular weight is 779 g/mol.